The van der Waals surface area contributed by atoms with Crippen LogP contribution in [-0.2, 0) is 32.3 Å². The molecule has 0 bridgehead atoms. The monoisotopic (exact) mass is 347 g/mol. The first-order valence-corrected chi connectivity index (χ1v) is 4.98. The molecule has 0 spiro atoms. The Bertz CT molecular complexity index is 271. The maximum atomic E-state index is 2.22. The fourth-order valence-electron chi connectivity index (χ4n) is 1.79. The molecule has 0 aliphatic rings. The number of rotatable bonds is 3. The topological polar surface area (TPSA) is 3.24 Å². The quantitative estimate of drug-likeness (QED) is 0.537. The Kier molecular flexibility index (Phi) is 19.9. The minimum absolute atomic E-state index is 0. The zero-order chi connectivity index (χ0) is 9.84. The van der Waals surface area contributed by atoms with Gasteiger partial charge >= 0.3 is 19.5 Å². The second kappa shape index (κ2) is 13.0. The number of anilines is 1. The number of benzene rings is 1. The van der Waals surface area contributed by atoms with E-state index in [4.69, 9.17) is 0 Å². The normalized spacial score (nSPS) is 7.76. The summed E-state index contributed by atoms with van der Waals surface area (Å²) in [4.78, 5) is 2.22. The van der Waals surface area contributed by atoms with Crippen molar-refractivity contribution in [1.29, 1.82) is 0 Å². The summed E-state index contributed by atoms with van der Waals surface area (Å²) >= 11 is 0. The van der Waals surface area contributed by atoms with Crippen molar-refractivity contribution in [1.82, 2.24) is 0 Å². The van der Waals surface area contributed by atoms with Crippen molar-refractivity contribution in [2.75, 3.05) is 19.0 Å². The molecule has 0 amide bonds. The predicted octanol–water partition coefficient (Wildman–Crippen LogP) is -2.70. The van der Waals surface area contributed by atoms with E-state index in [1.165, 1.54) is 16.8 Å². The number of halogens is 3. The Morgan fingerprint density at radius 3 is 1.53 bits per heavy atom. The molecule has 0 N–H and O–H groups in total. The van der Waals surface area contributed by atoms with Crippen molar-refractivity contribution in [2.45, 2.75) is 26.7 Å². The number of aryl methyl sites for hydroxylation is 2. The zero-order valence-corrected chi connectivity index (χ0v) is 16.3. The van der Waals surface area contributed by atoms with E-state index in [0.29, 0.717) is 0 Å². The number of hydrogen-bond acceptors (Lipinski definition) is 1. The molecule has 0 aliphatic heterocycles. The molecule has 0 fully saturated rings. The molecule has 1 aromatic rings. The van der Waals surface area contributed by atoms with Crippen LogP contribution in [0.4, 0.5) is 5.69 Å². The first-order chi connectivity index (χ1) is 6.20. The van der Waals surface area contributed by atoms with Crippen LogP contribution in [0.5, 0.6) is 0 Å². The van der Waals surface area contributed by atoms with Crippen LogP contribution in [-0.4, -0.2) is 14.1 Å². The maximum absolute atomic E-state index is 2.22. The van der Waals surface area contributed by atoms with E-state index in [2.05, 4.69) is 51.0 Å². The summed E-state index contributed by atoms with van der Waals surface area (Å²) in [7, 11) is 4.24. The van der Waals surface area contributed by atoms with Gasteiger partial charge < -0.3 is 29.7 Å². The summed E-state index contributed by atoms with van der Waals surface area (Å²) in [6.07, 6.45) is 2.22. The van der Waals surface area contributed by atoms with E-state index >= 15 is 0 Å². The third-order valence-electron chi connectivity index (χ3n) is 2.41. The summed E-state index contributed by atoms with van der Waals surface area (Å²) in [5, 5.41) is 0. The van der Waals surface area contributed by atoms with Gasteiger partial charge in [0, 0.05) is 19.8 Å². The Balaban J connectivity index is -0.000000211. The standard InChI is InChI=1S/C12H19N.3ClH.Zn/c1-5-10-8-7-9-11(6-2)12(10)13(3)4;;;;/h7-9H,5-6H2,1-4H3;3*1H;/q;;;;+2/p-2. The molecule has 0 aromatic heterocycles. The molecule has 1 nitrogen and oxygen atoms in total. The van der Waals surface area contributed by atoms with Crippen LogP contribution in [0.3, 0.4) is 0 Å². The van der Waals surface area contributed by atoms with Crippen LogP contribution in [0.2, 0.25) is 0 Å². The molecule has 0 radical (unpaired) electrons. The van der Waals surface area contributed by atoms with Gasteiger partial charge in [0.2, 0.25) is 0 Å². The molecule has 1 aromatic carbocycles. The van der Waals surface area contributed by atoms with Gasteiger partial charge in [-0.2, -0.15) is 0 Å². The van der Waals surface area contributed by atoms with Crippen molar-refractivity contribution >= 4 is 18.1 Å². The van der Waals surface area contributed by atoms with Crippen molar-refractivity contribution in [3.63, 3.8) is 0 Å². The largest absolute Gasteiger partial charge is 2.00 e. The predicted molar refractivity (Wildman–Crippen MR) is 66.8 cm³/mol. The van der Waals surface area contributed by atoms with Crippen molar-refractivity contribution in [3.05, 3.63) is 29.3 Å². The van der Waals surface area contributed by atoms with Crippen molar-refractivity contribution in [3.8, 4) is 0 Å². The first kappa shape index (κ1) is 26.2. The first-order valence-electron chi connectivity index (χ1n) is 4.98. The summed E-state index contributed by atoms with van der Waals surface area (Å²) in [5.74, 6) is 0. The van der Waals surface area contributed by atoms with Gasteiger partial charge in [-0.05, 0) is 24.0 Å². The second-order valence-corrected chi connectivity index (χ2v) is 3.53. The van der Waals surface area contributed by atoms with Gasteiger partial charge in [0.15, 0.2) is 0 Å². The number of para-hydroxylation sites is 1. The van der Waals surface area contributed by atoms with Crippen molar-refractivity contribution < 1.29 is 44.3 Å². The number of hydrogen-bond donors (Lipinski definition) is 0. The smallest absolute Gasteiger partial charge is 1.00 e. The van der Waals surface area contributed by atoms with Gasteiger partial charge in [-0.15, -0.1) is 12.4 Å². The average molecular weight is 350 g/mol. The van der Waals surface area contributed by atoms with Gasteiger partial charge in [0.1, 0.15) is 0 Å². The fourth-order valence-corrected chi connectivity index (χ4v) is 1.79. The van der Waals surface area contributed by atoms with Crippen LogP contribution in [0.25, 0.3) is 0 Å². The Labute approximate surface area is 137 Å². The summed E-state index contributed by atoms with van der Waals surface area (Å²) in [5.41, 5.74) is 4.31. The number of nitrogens with zero attached hydrogens (tertiary/aromatic N) is 1. The van der Waals surface area contributed by atoms with Crippen LogP contribution in [0.15, 0.2) is 18.2 Å². The average Bonchev–Trinajstić information content (AvgIpc) is 2.16. The van der Waals surface area contributed by atoms with E-state index in [-0.39, 0.29) is 56.7 Å². The Morgan fingerprint density at radius 2 is 1.29 bits per heavy atom. The van der Waals surface area contributed by atoms with Gasteiger partial charge in [0.25, 0.3) is 0 Å². The molecule has 17 heavy (non-hydrogen) atoms. The molecule has 0 atom stereocenters. The molecule has 0 heterocycles. The minimum atomic E-state index is 0. The van der Waals surface area contributed by atoms with E-state index in [0.717, 1.165) is 12.8 Å². The zero-order valence-electron chi connectivity index (χ0n) is 11.0. The molecule has 1 rings (SSSR count). The van der Waals surface area contributed by atoms with Gasteiger partial charge in [-0.25, -0.2) is 0 Å². The van der Waals surface area contributed by atoms with Gasteiger partial charge in [0.05, 0.1) is 0 Å². The molecule has 0 saturated heterocycles. The van der Waals surface area contributed by atoms with E-state index < -0.39 is 0 Å². The Morgan fingerprint density at radius 1 is 0.941 bits per heavy atom. The van der Waals surface area contributed by atoms with Crippen LogP contribution < -0.4 is 29.7 Å². The van der Waals surface area contributed by atoms with E-state index in [1.807, 2.05) is 0 Å². The molecule has 0 unspecified atom stereocenters. The molecule has 5 heteroatoms. The Hall–Kier alpha value is 0.513. The molecular weight excluding hydrogens is 330 g/mol. The minimum Gasteiger partial charge on any atom is -1.00 e. The SMILES string of the molecule is CCc1cccc(CC)c1N(C)C.Cl.[Cl-].[Cl-].[Zn+2]. The summed E-state index contributed by atoms with van der Waals surface area (Å²) in [6, 6.07) is 6.59. The van der Waals surface area contributed by atoms with Crippen molar-refractivity contribution in [2.24, 2.45) is 0 Å². The molecule has 96 valence electrons. The third-order valence-corrected chi connectivity index (χ3v) is 2.41. The fraction of sp³-hybridized carbons (Fsp3) is 0.500. The van der Waals surface area contributed by atoms with E-state index in [1.54, 1.807) is 0 Å². The molecule has 0 saturated carbocycles. The molecular formula is C12H20Cl3NZn. The second-order valence-electron chi connectivity index (χ2n) is 3.53. The van der Waals surface area contributed by atoms with Crippen LogP contribution >= 0.6 is 12.4 Å². The van der Waals surface area contributed by atoms with Gasteiger partial charge in [-0.3, -0.25) is 0 Å². The van der Waals surface area contributed by atoms with E-state index in [9.17, 15) is 0 Å². The maximum Gasteiger partial charge on any atom is 2.00 e. The summed E-state index contributed by atoms with van der Waals surface area (Å²) in [6.45, 7) is 4.42. The van der Waals surface area contributed by atoms with Crippen LogP contribution in [0, 0.1) is 0 Å². The summed E-state index contributed by atoms with van der Waals surface area (Å²) < 4.78 is 0. The molecule has 0 aliphatic carbocycles. The van der Waals surface area contributed by atoms with Gasteiger partial charge in [-0.1, -0.05) is 32.0 Å². The third kappa shape index (κ3) is 6.86. The van der Waals surface area contributed by atoms with Crippen LogP contribution in [0.1, 0.15) is 25.0 Å².